The van der Waals surface area contributed by atoms with Gasteiger partial charge in [0.15, 0.2) is 0 Å². The van der Waals surface area contributed by atoms with Gasteiger partial charge < -0.3 is 6.53 Å². The topological polar surface area (TPSA) is 54.4 Å². The Morgan fingerprint density at radius 2 is 1.71 bits per heavy atom. The molecule has 3 nitrogen and oxygen atoms in total. The van der Waals surface area contributed by atoms with Crippen LogP contribution in [0.1, 0.15) is 8.35 Å². The fourth-order valence-electron chi connectivity index (χ4n) is 0. The first-order chi connectivity index (χ1) is 2.64. The van der Waals surface area contributed by atoms with Crippen molar-refractivity contribution in [1.29, 1.82) is 0 Å². The van der Waals surface area contributed by atoms with Crippen LogP contribution in [0.2, 0.25) is 0 Å². The molecular formula is C3H5NaO3. The van der Waals surface area contributed by atoms with Gasteiger partial charge in [-0.05, 0) is 0 Å². The molecule has 0 atom stereocenters. The molecule has 0 spiro atoms. The van der Waals surface area contributed by atoms with Gasteiger partial charge in [-0.2, -0.15) is 0 Å². The Morgan fingerprint density at radius 3 is 1.71 bits per heavy atom. The van der Waals surface area contributed by atoms with E-state index in [2.05, 4.69) is 0 Å². The Kier molecular flexibility index (Phi) is 6.26. The van der Waals surface area contributed by atoms with E-state index in [4.69, 9.17) is 5.11 Å². The van der Waals surface area contributed by atoms with Crippen molar-refractivity contribution in [3.8, 4) is 0 Å². The minimum atomic E-state index is -1.38. The number of rotatable bonds is 1. The Morgan fingerprint density at radius 1 is 1.57 bits per heavy atom. The summed E-state index contributed by atoms with van der Waals surface area (Å²) in [7, 11) is 0. The van der Waals surface area contributed by atoms with Crippen LogP contribution < -0.4 is 29.6 Å². The minimum Gasteiger partial charge on any atom is -1.00 e. The van der Waals surface area contributed by atoms with Gasteiger partial charge in [0.1, 0.15) is 0 Å². The van der Waals surface area contributed by atoms with E-state index in [0.717, 1.165) is 6.92 Å². The van der Waals surface area contributed by atoms with Gasteiger partial charge in [0.05, 0.1) is 0 Å². The average molecular weight is 112 g/mol. The second-order valence-electron chi connectivity index (χ2n) is 0.861. The van der Waals surface area contributed by atoms with Crippen LogP contribution in [0.25, 0.3) is 0 Å². The Hall–Kier alpha value is 0.140. The van der Waals surface area contributed by atoms with Crippen molar-refractivity contribution in [2.75, 3.05) is 0 Å². The summed E-state index contributed by atoms with van der Waals surface area (Å²) in [6.07, 6.45) is 0. The average Bonchev–Trinajstić information content (AvgIpc) is 1.36. The number of Topliss-reactive ketones (excluding diaryl/α,β-unsaturated/α-hetero) is 1. The molecule has 0 amide bonds. The quantitative estimate of drug-likeness (QED) is 0.287. The van der Waals surface area contributed by atoms with Gasteiger partial charge in [-0.25, -0.2) is 4.79 Å². The number of carboxylic acids is 1. The summed E-state index contributed by atoms with van der Waals surface area (Å²) in [4.78, 5) is 18.9. The molecule has 0 saturated heterocycles. The van der Waals surface area contributed by atoms with E-state index < -0.39 is 11.8 Å². The van der Waals surface area contributed by atoms with Crippen LogP contribution in [0.5, 0.6) is 0 Å². The third kappa shape index (κ3) is 6.14. The van der Waals surface area contributed by atoms with Crippen LogP contribution >= 0.6 is 0 Å². The molecule has 7 heavy (non-hydrogen) atoms. The van der Waals surface area contributed by atoms with Crippen LogP contribution in [-0.2, 0) is 9.59 Å². The third-order valence-electron chi connectivity index (χ3n) is 0.301. The maximum atomic E-state index is 9.54. The van der Waals surface area contributed by atoms with E-state index in [1.54, 1.807) is 0 Å². The van der Waals surface area contributed by atoms with E-state index in [1.165, 1.54) is 0 Å². The van der Waals surface area contributed by atoms with Crippen LogP contribution in [0.3, 0.4) is 0 Å². The first-order valence-corrected chi connectivity index (χ1v) is 1.38. The van der Waals surface area contributed by atoms with Crippen molar-refractivity contribution < 1.29 is 45.7 Å². The van der Waals surface area contributed by atoms with Gasteiger partial charge in [-0.3, -0.25) is 4.79 Å². The second kappa shape index (κ2) is 4.30. The fraction of sp³-hybridized carbons (Fsp3) is 0.333. The van der Waals surface area contributed by atoms with Crippen molar-refractivity contribution in [1.82, 2.24) is 0 Å². The van der Waals surface area contributed by atoms with Crippen molar-refractivity contribution in [3.05, 3.63) is 0 Å². The summed E-state index contributed by atoms with van der Waals surface area (Å²) in [5, 5.41) is 7.64. The first-order valence-electron chi connectivity index (χ1n) is 1.38. The zero-order valence-corrected chi connectivity index (χ0v) is 6.26. The van der Waals surface area contributed by atoms with Crippen LogP contribution in [0.4, 0.5) is 0 Å². The molecule has 0 fully saturated rings. The molecule has 0 radical (unpaired) electrons. The monoisotopic (exact) mass is 112 g/mol. The summed E-state index contributed by atoms with van der Waals surface area (Å²) < 4.78 is 0. The van der Waals surface area contributed by atoms with Gasteiger partial charge in [0.2, 0.25) is 5.78 Å². The van der Waals surface area contributed by atoms with Gasteiger partial charge in [-0.15, -0.1) is 0 Å². The Bertz CT molecular complexity index is 80.5. The van der Waals surface area contributed by atoms with E-state index in [9.17, 15) is 9.59 Å². The number of carbonyl (C=O) groups excluding carboxylic acids is 1. The number of carbonyl (C=O) groups is 2. The molecule has 0 aliphatic carbocycles. The molecule has 0 rings (SSSR count). The van der Waals surface area contributed by atoms with E-state index in [0.29, 0.717) is 0 Å². The molecular weight excluding hydrogens is 107 g/mol. The van der Waals surface area contributed by atoms with E-state index in [1.807, 2.05) is 0 Å². The zero-order valence-electron chi connectivity index (χ0n) is 5.26. The summed E-state index contributed by atoms with van der Waals surface area (Å²) in [5.74, 6) is -2.20. The number of aliphatic carboxylic acids is 1. The van der Waals surface area contributed by atoms with Crippen LogP contribution in [0.15, 0.2) is 0 Å². The largest absolute Gasteiger partial charge is 1.00 e. The zero-order chi connectivity index (χ0) is 5.15. The minimum absolute atomic E-state index is 0. The van der Waals surface area contributed by atoms with Gasteiger partial charge in [0.25, 0.3) is 0 Å². The normalized spacial score (nSPS) is 6.43. The number of hydrogen-bond donors (Lipinski definition) is 1. The maximum absolute atomic E-state index is 9.54. The van der Waals surface area contributed by atoms with Crippen LogP contribution in [-0.4, -0.2) is 16.9 Å². The SMILES string of the molecule is CC(=O)C(=O)O.[H-].[Na+]. The molecule has 36 valence electrons. The smallest absolute Gasteiger partial charge is 1.00 e. The van der Waals surface area contributed by atoms with Gasteiger partial charge >= 0.3 is 35.5 Å². The standard InChI is InChI=1S/C3H4O3.Na.H/c1-2(4)3(5)6;;/h1H3,(H,5,6);;/q;+1;-1. The summed E-state index contributed by atoms with van der Waals surface area (Å²) >= 11 is 0. The molecule has 0 bridgehead atoms. The van der Waals surface area contributed by atoms with Crippen molar-refractivity contribution >= 4 is 11.8 Å². The van der Waals surface area contributed by atoms with E-state index in [-0.39, 0.29) is 31.0 Å². The summed E-state index contributed by atoms with van der Waals surface area (Å²) in [5.41, 5.74) is 0. The van der Waals surface area contributed by atoms with E-state index >= 15 is 0 Å². The molecule has 0 aromatic carbocycles. The Balaban J connectivity index is -0.000000125. The fourth-order valence-corrected chi connectivity index (χ4v) is 0. The Labute approximate surface area is 64.5 Å². The molecule has 0 heterocycles. The molecule has 0 aliphatic rings. The van der Waals surface area contributed by atoms with Crippen molar-refractivity contribution in [2.24, 2.45) is 0 Å². The predicted octanol–water partition coefficient (Wildman–Crippen LogP) is -3.22. The predicted molar refractivity (Wildman–Crippen MR) is 19.4 cm³/mol. The van der Waals surface area contributed by atoms with Crippen molar-refractivity contribution in [2.45, 2.75) is 6.92 Å². The maximum Gasteiger partial charge on any atom is 1.00 e. The molecule has 0 unspecified atom stereocenters. The molecule has 0 saturated carbocycles. The summed E-state index contributed by atoms with van der Waals surface area (Å²) in [6.45, 7) is 1.00. The third-order valence-corrected chi connectivity index (χ3v) is 0.301. The molecule has 0 aliphatic heterocycles. The van der Waals surface area contributed by atoms with Gasteiger partial charge in [-0.1, -0.05) is 0 Å². The number of carboxylic acid groups (broad SMARTS) is 1. The molecule has 4 heteroatoms. The molecule has 1 N–H and O–H groups in total. The van der Waals surface area contributed by atoms with Crippen LogP contribution in [0, 0.1) is 0 Å². The molecule has 0 aromatic heterocycles. The molecule has 0 aromatic rings. The number of hydrogen-bond acceptors (Lipinski definition) is 2. The van der Waals surface area contributed by atoms with Crippen molar-refractivity contribution in [3.63, 3.8) is 0 Å². The first kappa shape index (κ1) is 10.2. The van der Waals surface area contributed by atoms with Gasteiger partial charge in [0, 0.05) is 6.92 Å². The second-order valence-corrected chi connectivity index (χ2v) is 0.861. The summed E-state index contributed by atoms with van der Waals surface area (Å²) in [6, 6.07) is 0. The number of ketones is 1.